The molecule has 3 N–H and O–H groups in total. The minimum atomic E-state index is -0.419. The maximum absolute atomic E-state index is 12.5. The molecule has 0 radical (unpaired) electrons. The zero-order chi connectivity index (χ0) is 15.5. The van der Waals surface area contributed by atoms with Crippen LogP contribution >= 0.6 is 12.4 Å². The maximum atomic E-state index is 12.5. The molecular weight excluding hydrogens is 318 g/mol. The fourth-order valence-corrected chi connectivity index (χ4v) is 2.67. The molecule has 1 aliphatic rings. The third-order valence-corrected chi connectivity index (χ3v) is 3.97. The molecule has 3 rings (SSSR count). The monoisotopic (exact) mass is 337 g/mol. The Morgan fingerprint density at radius 2 is 2.13 bits per heavy atom. The van der Waals surface area contributed by atoms with E-state index in [1.165, 1.54) is 0 Å². The van der Waals surface area contributed by atoms with Gasteiger partial charge in [0.05, 0.1) is 6.10 Å². The summed E-state index contributed by atoms with van der Waals surface area (Å²) in [5, 5.41) is 19.7. The fraction of sp³-hybridized carbons (Fsp3) is 0.375. The lowest BCUT2D eigenvalue weighted by Crippen LogP contribution is -2.34. The third kappa shape index (κ3) is 3.72. The maximum Gasteiger partial charge on any atom is 0.257 e. The number of benzene rings is 1. The van der Waals surface area contributed by atoms with Crippen molar-refractivity contribution in [2.24, 2.45) is 5.92 Å². The molecule has 1 aromatic carbocycles. The van der Waals surface area contributed by atoms with Gasteiger partial charge in [-0.05, 0) is 6.92 Å². The minimum Gasteiger partial charge on any atom is -0.391 e. The standard InChI is InChI=1S/C16H19N3O3.ClH/c1-10-14(15(19-22-10)11-5-3-2-4-6-11)16(21)18-8-12-7-17-9-13(12)20;/h2-6,12-13,17,20H,7-9H2,1H3,(H,18,21);1H. The molecule has 1 amide bonds. The lowest BCUT2D eigenvalue weighted by molar-refractivity contribution is 0.0926. The Morgan fingerprint density at radius 3 is 2.78 bits per heavy atom. The molecule has 0 spiro atoms. The van der Waals surface area contributed by atoms with Gasteiger partial charge in [0.2, 0.25) is 0 Å². The number of hydrogen-bond donors (Lipinski definition) is 3. The van der Waals surface area contributed by atoms with E-state index >= 15 is 0 Å². The molecule has 2 heterocycles. The van der Waals surface area contributed by atoms with Crippen molar-refractivity contribution in [3.05, 3.63) is 41.7 Å². The second kappa shape index (κ2) is 7.59. The number of aliphatic hydroxyl groups is 1. The van der Waals surface area contributed by atoms with Crippen LogP contribution in [0.1, 0.15) is 16.1 Å². The zero-order valence-electron chi connectivity index (χ0n) is 12.8. The molecule has 0 saturated carbocycles. The number of amides is 1. The van der Waals surface area contributed by atoms with Crippen LogP contribution in [0.4, 0.5) is 0 Å². The van der Waals surface area contributed by atoms with Gasteiger partial charge in [-0.2, -0.15) is 0 Å². The van der Waals surface area contributed by atoms with Crippen molar-refractivity contribution >= 4 is 18.3 Å². The Bertz CT molecular complexity index is 660. The predicted octanol–water partition coefficient (Wildman–Crippen LogP) is 1.38. The largest absolute Gasteiger partial charge is 0.391 e. The fourth-order valence-electron chi connectivity index (χ4n) is 2.67. The van der Waals surface area contributed by atoms with E-state index in [1.807, 2.05) is 30.3 Å². The summed E-state index contributed by atoms with van der Waals surface area (Å²) < 4.78 is 5.19. The van der Waals surface area contributed by atoms with Crippen molar-refractivity contribution in [1.29, 1.82) is 0 Å². The van der Waals surface area contributed by atoms with E-state index in [9.17, 15) is 9.90 Å². The number of rotatable bonds is 4. The van der Waals surface area contributed by atoms with E-state index in [0.717, 1.165) is 5.56 Å². The van der Waals surface area contributed by atoms with Crippen molar-refractivity contribution < 1.29 is 14.4 Å². The van der Waals surface area contributed by atoms with Crippen LogP contribution in [0, 0.1) is 12.8 Å². The molecule has 1 aromatic heterocycles. The van der Waals surface area contributed by atoms with Crippen LogP contribution in [-0.2, 0) is 0 Å². The molecule has 6 nitrogen and oxygen atoms in total. The molecule has 1 aliphatic heterocycles. The van der Waals surface area contributed by atoms with Gasteiger partial charge in [-0.15, -0.1) is 12.4 Å². The first kappa shape index (κ1) is 17.5. The van der Waals surface area contributed by atoms with E-state index in [2.05, 4.69) is 15.8 Å². The molecule has 23 heavy (non-hydrogen) atoms. The smallest absolute Gasteiger partial charge is 0.257 e. The summed E-state index contributed by atoms with van der Waals surface area (Å²) in [7, 11) is 0. The molecule has 2 unspecified atom stereocenters. The Morgan fingerprint density at radius 1 is 1.39 bits per heavy atom. The third-order valence-electron chi connectivity index (χ3n) is 3.97. The number of halogens is 1. The second-order valence-corrected chi connectivity index (χ2v) is 5.52. The lowest BCUT2D eigenvalue weighted by atomic mass is 10.0. The van der Waals surface area contributed by atoms with Gasteiger partial charge in [0.25, 0.3) is 5.91 Å². The first-order valence-corrected chi connectivity index (χ1v) is 7.35. The van der Waals surface area contributed by atoms with Gasteiger partial charge >= 0.3 is 0 Å². The normalized spacial score (nSPS) is 20.1. The summed E-state index contributed by atoms with van der Waals surface area (Å²) >= 11 is 0. The number of aromatic nitrogens is 1. The van der Waals surface area contributed by atoms with Gasteiger partial charge in [0, 0.05) is 31.1 Å². The number of aryl methyl sites for hydroxylation is 1. The number of carbonyl (C=O) groups excluding carboxylic acids is 1. The van der Waals surface area contributed by atoms with Crippen molar-refractivity contribution in [1.82, 2.24) is 15.8 Å². The van der Waals surface area contributed by atoms with E-state index in [0.29, 0.717) is 36.7 Å². The van der Waals surface area contributed by atoms with Gasteiger partial charge in [-0.25, -0.2) is 0 Å². The SMILES string of the molecule is Cc1onc(-c2ccccc2)c1C(=O)NCC1CNCC1O.Cl. The summed E-state index contributed by atoms with van der Waals surface area (Å²) in [6.45, 7) is 3.42. The topological polar surface area (TPSA) is 87.4 Å². The molecule has 1 fully saturated rings. The molecule has 0 aliphatic carbocycles. The first-order valence-electron chi connectivity index (χ1n) is 7.35. The van der Waals surface area contributed by atoms with Gasteiger partial charge in [0.15, 0.2) is 0 Å². The summed E-state index contributed by atoms with van der Waals surface area (Å²) in [4.78, 5) is 12.5. The summed E-state index contributed by atoms with van der Waals surface area (Å²) in [5.74, 6) is 0.294. The molecule has 2 aromatic rings. The summed E-state index contributed by atoms with van der Waals surface area (Å²) in [5.41, 5.74) is 1.83. The van der Waals surface area contributed by atoms with Crippen LogP contribution in [0.25, 0.3) is 11.3 Å². The average molecular weight is 338 g/mol. The highest BCUT2D eigenvalue weighted by Gasteiger charge is 2.27. The Kier molecular flexibility index (Phi) is 5.76. The Labute approximate surface area is 140 Å². The second-order valence-electron chi connectivity index (χ2n) is 5.52. The van der Waals surface area contributed by atoms with Crippen LogP contribution < -0.4 is 10.6 Å². The highest BCUT2D eigenvalue weighted by atomic mass is 35.5. The van der Waals surface area contributed by atoms with E-state index < -0.39 is 6.10 Å². The van der Waals surface area contributed by atoms with Crippen LogP contribution in [0.5, 0.6) is 0 Å². The van der Waals surface area contributed by atoms with Gasteiger partial charge < -0.3 is 20.3 Å². The molecule has 7 heteroatoms. The number of aliphatic hydroxyl groups excluding tert-OH is 1. The van der Waals surface area contributed by atoms with Crippen molar-refractivity contribution in [2.45, 2.75) is 13.0 Å². The van der Waals surface area contributed by atoms with Crippen molar-refractivity contribution in [3.8, 4) is 11.3 Å². The van der Waals surface area contributed by atoms with Gasteiger partial charge in [0.1, 0.15) is 17.0 Å². The predicted molar refractivity (Wildman–Crippen MR) is 88.6 cm³/mol. The molecule has 2 atom stereocenters. The highest BCUT2D eigenvalue weighted by molar-refractivity contribution is 6.00. The van der Waals surface area contributed by atoms with Crippen LogP contribution in [0.15, 0.2) is 34.9 Å². The number of β-amino-alcohol motifs (C(OH)–C–C–N with tert-alkyl or cyclic N) is 1. The van der Waals surface area contributed by atoms with Crippen LogP contribution in [0.3, 0.4) is 0 Å². The number of hydrogen-bond acceptors (Lipinski definition) is 5. The highest BCUT2D eigenvalue weighted by Crippen LogP contribution is 2.25. The summed E-state index contributed by atoms with van der Waals surface area (Å²) in [6.07, 6.45) is -0.419. The zero-order valence-corrected chi connectivity index (χ0v) is 13.6. The average Bonchev–Trinajstić information content (AvgIpc) is 3.11. The number of nitrogens with zero attached hydrogens (tertiary/aromatic N) is 1. The number of carbonyl (C=O) groups is 1. The molecule has 1 saturated heterocycles. The van der Waals surface area contributed by atoms with E-state index in [-0.39, 0.29) is 24.2 Å². The van der Waals surface area contributed by atoms with Gasteiger partial charge in [-0.1, -0.05) is 35.5 Å². The molecule has 124 valence electrons. The van der Waals surface area contributed by atoms with Crippen molar-refractivity contribution in [2.75, 3.05) is 19.6 Å². The van der Waals surface area contributed by atoms with Crippen LogP contribution in [0.2, 0.25) is 0 Å². The quantitative estimate of drug-likeness (QED) is 0.784. The molecule has 0 bridgehead atoms. The first-order chi connectivity index (χ1) is 10.7. The number of nitrogens with one attached hydrogen (secondary N) is 2. The minimum absolute atomic E-state index is 0. The Balaban J connectivity index is 0.00000192. The Hall–Kier alpha value is -1.89. The molecular formula is C16H20ClN3O3. The van der Waals surface area contributed by atoms with E-state index in [1.54, 1.807) is 6.92 Å². The summed E-state index contributed by atoms with van der Waals surface area (Å²) in [6, 6.07) is 9.46. The van der Waals surface area contributed by atoms with Crippen molar-refractivity contribution in [3.63, 3.8) is 0 Å². The van der Waals surface area contributed by atoms with Crippen LogP contribution in [-0.4, -0.2) is 41.9 Å². The van der Waals surface area contributed by atoms with E-state index in [4.69, 9.17) is 4.52 Å². The van der Waals surface area contributed by atoms with Gasteiger partial charge in [-0.3, -0.25) is 4.79 Å². The lowest BCUT2D eigenvalue weighted by Gasteiger charge is -2.14.